The molecule has 1 heterocycles. The summed E-state index contributed by atoms with van der Waals surface area (Å²) >= 11 is 1.32. The van der Waals surface area contributed by atoms with Gasteiger partial charge in [0, 0.05) is 18.0 Å². The van der Waals surface area contributed by atoms with Crippen molar-refractivity contribution in [1.29, 1.82) is 0 Å². The van der Waals surface area contributed by atoms with Crippen molar-refractivity contribution < 1.29 is 14.7 Å². The van der Waals surface area contributed by atoms with Gasteiger partial charge in [0.1, 0.15) is 6.33 Å². The number of nitrogens with zero attached hydrogens (tertiary/aromatic N) is 3. The Labute approximate surface area is 128 Å². The predicted octanol–water partition coefficient (Wildman–Crippen LogP) is 1.71. The van der Waals surface area contributed by atoms with E-state index < -0.39 is 11.5 Å². The van der Waals surface area contributed by atoms with Gasteiger partial charge >= 0.3 is 5.97 Å². The van der Waals surface area contributed by atoms with Crippen LogP contribution in [0.5, 0.6) is 0 Å². The Morgan fingerprint density at radius 3 is 2.71 bits per heavy atom. The fourth-order valence-corrected chi connectivity index (χ4v) is 2.56. The van der Waals surface area contributed by atoms with Crippen LogP contribution in [-0.4, -0.2) is 43.0 Å². The molecule has 1 aromatic rings. The molecule has 2 N–H and O–H groups in total. The van der Waals surface area contributed by atoms with Crippen molar-refractivity contribution >= 4 is 23.6 Å². The van der Waals surface area contributed by atoms with Crippen LogP contribution in [0.25, 0.3) is 0 Å². The van der Waals surface area contributed by atoms with Gasteiger partial charge in [0.25, 0.3) is 0 Å². The summed E-state index contributed by atoms with van der Waals surface area (Å²) in [6, 6.07) is 0.234. The lowest BCUT2D eigenvalue weighted by atomic mass is 9.98. The first-order chi connectivity index (χ1) is 9.71. The molecule has 0 spiro atoms. The second-order valence-corrected chi connectivity index (χ2v) is 6.67. The van der Waals surface area contributed by atoms with Gasteiger partial charge in [-0.3, -0.25) is 9.59 Å². The number of rotatable bonds is 8. The van der Waals surface area contributed by atoms with Crippen LogP contribution in [0.3, 0.4) is 0 Å². The molecule has 0 atom stereocenters. The van der Waals surface area contributed by atoms with Crippen LogP contribution in [0.2, 0.25) is 0 Å². The first-order valence-corrected chi connectivity index (χ1v) is 7.75. The van der Waals surface area contributed by atoms with Crippen molar-refractivity contribution in [2.24, 2.45) is 0 Å². The molecule has 0 aromatic carbocycles. The summed E-state index contributed by atoms with van der Waals surface area (Å²) in [5.74, 6) is -0.785. The van der Waals surface area contributed by atoms with Crippen LogP contribution in [-0.2, 0) is 9.59 Å². The molecule has 1 rings (SSSR count). The summed E-state index contributed by atoms with van der Waals surface area (Å²) in [5, 5.41) is 20.1. The first kappa shape index (κ1) is 17.5. The third-order valence-electron chi connectivity index (χ3n) is 2.87. The lowest BCUT2D eigenvalue weighted by Gasteiger charge is -2.25. The summed E-state index contributed by atoms with van der Waals surface area (Å²) in [5.41, 5.74) is -0.540. The SMILES string of the molecule is CC(C)n1cnnc1SCC(=O)NC(C)(C)CCC(=O)O. The molecule has 118 valence electrons. The quantitative estimate of drug-likeness (QED) is 0.709. The van der Waals surface area contributed by atoms with Crippen LogP contribution >= 0.6 is 11.8 Å². The van der Waals surface area contributed by atoms with Crippen LogP contribution < -0.4 is 5.32 Å². The number of carboxylic acids is 1. The van der Waals surface area contributed by atoms with E-state index in [9.17, 15) is 9.59 Å². The highest BCUT2D eigenvalue weighted by Crippen LogP contribution is 2.19. The molecule has 0 aliphatic rings. The zero-order chi connectivity index (χ0) is 16.0. The lowest BCUT2D eigenvalue weighted by molar-refractivity contribution is -0.137. The van der Waals surface area contributed by atoms with E-state index in [-0.39, 0.29) is 24.1 Å². The smallest absolute Gasteiger partial charge is 0.303 e. The fourth-order valence-electron chi connectivity index (χ4n) is 1.72. The monoisotopic (exact) mass is 314 g/mol. The van der Waals surface area contributed by atoms with Crippen LogP contribution in [0.1, 0.15) is 46.6 Å². The number of aliphatic carboxylic acids is 1. The van der Waals surface area contributed by atoms with E-state index in [1.165, 1.54) is 11.8 Å². The average Bonchev–Trinajstić information content (AvgIpc) is 2.82. The second-order valence-electron chi connectivity index (χ2n) is 5.73. The van der Waals surface area contributed by atoms with E-state index in [1.807, 2.05) is 32.3 Å². The Morgan fingerprint density at radius 1 is 1.48 bits per heavy atom. The van der Waals surface area contributed by atoms with E-state index in [4.69, 9.17) is 5.11 Å². The fraction of sp³-hybridized carbons (Fsp3) is 0.692. The van der Waals surface area contributed by atoms with E-state index in [0.717, 1.165) is 0 Å². The molecule has 1 aromatic heterocycles. The molecule has 21 heavy (non-hydrogen) atoms. The summed E-state index contributed by atoms with van der Waals surface area (Å²) in [7, 11) is 0. The number of hydrogen-bond acceptors (Lipinski definition) is 5. The van der Waals surface area contributed by atoms with Gasteiger partial charge in [-0.05, 0) is 34.1 Å². The van der Waals surface area contributed by atoms with Gasteiger partial charge in [0.2, 0.25) is 5.91 Å². The highest BCUT2D eigenvalue weighted by atomic mass is 32.2. The number of thioether (sulfide) groups is 1. The number of carbonyl (C=O) groups excluding carboxylic acids is 1. The van der Waals surface area contributed by atoms with Gasteiger partial charge in [-0.25, -0.2) is 0 Å². The minimum Gasteiger partial charge on any atom is -0.481 e. The largest absolute Gasteiger partial charge is 0.481 e. The Balaban J connectivity index is 2.46. The zero-order valence-corrected chi connectivity index (χ0v) is 13.6. The van der Waals surface area contributed by atoms with Crippen LogP contribution in [0.15, 0.2) is 11.5 Å². The molecule has 8 heteroatoms. The van der Waals surface area contributed by atoms with Crippen molar-refractivity contribution in [2.75, 3.05) is 5.75 Å². The Hall–Kier alpha value is -1.57. The Bertz CT molecular complexity index is 499. The van der Waals surface area contributed by atoms with Gasteiger partial charge in [0.05, 0.1) is 5.75 Å². The summed E-state index contributed by atoms with van der Waals surface area (Å²) in [6.07, 6.45) is 2.06. The van der Waals surface area contributed by atoms with Crippen molar-refractivity contribution in [3.63, 3.8) is 0 Å². The topological polar surface area (TPSA) is 97.1 Å². The van der Waals surface area contributed by atoms with E-state index in [2.05, 4.69) is 15.5 Å². The number of hydrogen-bond donors (Lipinski definition) is 2. The molecule has 1 amide bonds. The molecular formula is C13H22N4O3S. The maximum absolute atomic E-state index is 11.9. The first-order valence-electron chi connectivity index (χ1n) is 6.76. The molecule has 0 radical (unpaired) electrons. The number of carboxylic acid groups (broad SMARTS) is 1. The molecule has 0 aliphatic carbocycles. The highest BCUT2D eigenvalue weighted by Gasteiger charge is 2.22. The predicted molar refractivity (Wildman–Crippen MR) is 80.2 cm³/mol. The molecular weight excluding hydrogens is 292 g/mol. The minimum absolute atomic E-state index is 0.0299. The maximum Gasteiger partial charge on any atom is 0.303 e. The van der Waals surface area contributed by atoms with Crippen molar-refractivity contribution in [3.05, 3.63) is 6.33 Å². The molecule has 0 fully saturated rings. The molecule has 0 bridgehead atoms. The third-order valence-corrected chi connectivity index (χ3v) is 3.83. The van der Waals surface area contributed by atoms with Gasteiger partial charge in [0.15, 0.2) is 5.16 Å². The normalized spacial score (nSPS) is 11.7. The standard InChI is InChI=1S/C13H22N4O3S/c1-9(2)17-8-14-16-12(17)21-7-10(18)15-13(3,4)6-5-11(19)20/h8-9H,5-7H2,1-4H3,(H,15,18)(H,19,20). The summed E-state index contributed by atoms with van der Waals surface area (Å²) in [6.45, 7) is 7.66. The molecule has 0 unspecified atom stereocenters. The molecule has 0 aliphatic heterocycles. The number of nitrogens with one attached hydrogen (secondary N) is 1. The highest BCUT2D eigenvalue weighted by molar-refractivity contribution is 7.99. The van der Waals surface area contributed by atoms with E-state index in [1.54, 1.807) is 6.33 Å². The number of carbonyl (C=O) groups is 2. The Kier molecular flexibility index (Phi) is 6.19. The summed E-state index contributed by atoms with van der Waals surface area (Å²) < 4.78 is 1.90. The van der Waals surface area contributed by atoms with Crippen molar-refractivity contribution in [2.45, 2.75) is 57.3 Å². The third kappa shape index (κ3) is 6.16. The maximum atomic E-state index is 11.9. The van der Waals surface area contributed by atoms with Gasteiger partial charge in [-0.1, -0.05) is 11.8 Å². The molecule has 0 saturated carbocycles. The van der Waals surface area contributed by atoms with E-state index >= 15 is 0 Å². The Morgan fingerprint density at radius 2 is 2.14 bits per heavy atom. The minimum atomic E-state index is -0.864. The van der Waals surface area contributed by atoms with Gasteiger partial charge in [-0.15, -0.1) is 10.2 Å². The van der Waals surface area contributed by atoms with Crippen molar-refractivity contribution in [3.8, 4) is 0 Å². The zero-order valence-electron chi connectivity index (χ0n) is 12.8. The number of amides is 1. The van der Waals surface area contributed by atoms with Crippen molar-refractivity contribution in [1.82, 2.24) is 20.1 Å². The van der Waals surface area contributed by atoms with Gasteiger partial charge in [-0.2, -0.15) is 0 Å². The van der Waals surface area contributed by atoms with Crippen LogP contribution in [0, 0.1) is 0 Å². The van der Waals surface area contributed by atoms with Crippen LogP contribution in [0.4, 0.5) is 0 Å². The second kappa shape index (κ2) is 7.44. The number of aromatic nitrogens is 3. The average molecular weight is 314 g/mol. The molecule has 0 saturated heterocycles. The van der Waals surface area contributed by atoms with Gasteiger partial charge < -0.3 is 15.0 Å². The summed E-state index contributed by atoms with van der Waals surface area (Å²) in [4.78, 5) is 22.5. The van der Waals surface area contributed by atoms with E-state index in [0.29, 0.717) is 11.6 Å². The molecule has 7 nitrogen and oxygen atoms in total. The lowest BCUT2D eigenvalue weighted by Crippen LogP contribution is -2.44.